The lowest BCUT2D eigenvalue weighted by atomic mass is 9.82. The van der Waals surface area contributed by atoms with Crippen molar-refractivity contribution in [1.29, 1.82) is 0 Å². The molecule has 120 valence electrons. The van der Waals surface area contributed by atoms with Crippen LogP contribution in [0, 0.1) is 5.41 Å². The van der Waals surface area contributed by atoms with E-state index in [1.807, 2.05) is 46.8 Å². The Hall–Kier alpha value is -0.940. The van der Waals surface area contributed by atoms with Gasteiger partial charge in [-0.05, 0) is 41.0 Å². The van der Waals surface area contributed by atoms with Gasteiger partial charge in [0.25, 0.3) is 0 Å². The minimum Gasteiger partial charge on any atom is -0.459 e. The quantitative estimate of drug-likeness (QED) is 0.794. The lowest BCUT2D eigenvalue weighted by Gasteiger charge is -2.29. The van der Waals surface area contributed by atoms with Gasteiger partial charge in [0, 0.05) is 12.0 Å². The second-order valence-electron chi connectivity index (χ2n) is 7.01. The Kier molecular flexibility index (Phi) is 5.93. The van der Waals surface area contributed by atoms with Crippen LogP contribution in [0.5, 0.6) is 0 Å². The van der Waals surface area contributed by atoms with Gasteiger partial charge in [0.1, 0.15) is 0 Å². The summed E-state index contributed by atoms with van der Waals surface area (Å²) in [5, 5.41) is 0. The second kappa shape index (κ2) is 6.88. The molecule has 2 unspecified atom stereocenters. The third-order valence-electron chi connectivity index (χ3n) is 3.20. The highest BCUT2D eigenvalue weighted by Crippen LogP contribution is 2.29. The standard InChI is InChI=1S/C16H27NO3S/c1-12(2)20-14(18)13-7-9-16(6,10-8-13)11-17-21(19)15(3,4)5/h7-9,12,17H,10-11H2,1-6H3. The molecule has 1 N–H and O–H groups in total. The number of nitrogens with one attached hydrogen (secondary N) is 1. The first-order chi connectivity index (χ1) is 9.53. The van der Waals surface area contributed by atoms with Crippen molar-refractivity contribution in [2.45, 2.75) is 58.8 Å². The Balaban J connectivity index is 2.58. The van der Waals surface area contributed by atoms with E-state index in [0.717, 1.165) is 6.42 Å². The zero-order valence-electron chi connectivity index (χ0n) is 13.9. The van der Waals surface area contributed by atoms with E-state index < -0.39 is 11.0 Å². The molecule has 1 rings (SSSR count). The number of hydrogen-bond donors (Lipinski definition) is 1. The third kappa shape index (κ3) is 5.75. The van der Waals surface area contributed by atoms with Gasteiger partial charge in [0.05, 0.1) is 27.4 Å². The molecule has 0 aromatic carbocycles. The van der Waals surface area contributed by atoms with Crippen molar-refractivity contribution in [3.63, 3.8) is 0 Å². The van der Waals surface area contributed by atoms with Crippen LogP contribution in [0.4, 0.5) is 0 Å². The molecule has 0 saturated heterocycles. The number of carbonyl (C=O) groups excluding carboxylic acids is 1. The predicted octanol–water partition coefficient (Wildman–Crippen LogP) is 2.88. The molecule has 0 radical (unpaired) electrons. The van der Waals surface area contributed by atoms with E-state index >= 15 is 0 Å². The lowest BCUT2D eigenvalue weighted by molar-refractivity contribution is -0.142. The van der Waals surface area contributed by atoms with Crippen LogP contribution in [-0.4, -0.2) is 27.6 Å². The monoisotopic (exact) mass is 313 g/mol. The summed E-state index contributed by atoms with van der Waals surface area (Å²) >= 11 is 0. The van der Waals surface area contributed by atoms with Gasteiger partial charge >= 0.3 is 5.97 Å². The van der Waals surface area contributed by atoms with Gasteiger partial charge in [-0.1, -0.05) is 25.2 Å². The predicted molar refractivity (Wildman–Crippen MR) is 87.1 cm³/mol. The molecule has 0 fully saturated rings. The van der Waals surface area contributed by atoms with Gasteiger partial charge in [0.2, 0.25) is 0 Å². The largest absolute Gasteiger partial charge is 0.459 e. The summed E-state index contributed by atoms with van der Waals surface area (Å²) in [6.45, 7) is 12.2. The summed E-state index contributed by atoms with van der Waals surface area (Å²) < 4.78 is 20.0. The average molecular weight is 313 g/mol. The first kappa shape index (κ1) is 18.1. The summed E-state index contributed by atoms with van der Waals surface area (Å²) in [5.41, 5.74) is 0.459. The van der Waals surface area contributed by atoms with Gasteiger partial charge in [-0.25, -0.2) is 13.7 Å². The van der Waals surface area contributed by atoms with Crippen LogP contribution in [0.1, 0.15) is 48.0 Å². The Morgan fingerprint density at radius 1 is 1.48 bits per heavy atom. The fourth-order valence-corrected chi connectivity index (χ4v) is 2.68. The van der Waals surface area contributed by atoms with Crippen molar-refractivity contribution in [3.05, 3.63) is 23.8 Å². The summed E-state index contributed by atoms with van der Waals surface area (Å²) in [4.78, 5) is 11.8. The van der Waals surface area contributed by atoms with Crippen molar-refractivity contribution in [1.82, 2.24) is 4.72 Å². The number of carbonyl (C=O) groups is 1. The molecule has 1 aliphatic rings. The van der Waals surface area contributed by atoms with E-state index in [0.29, 0.717) is 12.1 Å². The molecule has 21 heavy (non-hydrogen) atoms. The third-order valence-corrected chi connectivity index (χ3v) is 4.71. The molecule has 0 heterocycles. The van der Waals surface area contributed by atoms with E-state index in [1.165, 1.54) is 0 Å². The molecule has 0 amide bonds. The molecule has 0 aliphatic heterocycles. The fourth-order valence-electron chi connectivity index (χ4n) is 1.78. The van der Waals surface area contributed by atoms with E-state index in [2.05, 4.69) is 11.6 Å². The van der Waals surface area contributed by atoms with Crippen LogP contribution in [0.3, 0.4) is 0 Å². The highest BCUT2D eigenvalue weighted by atomic mass is 32.2. The second-order valence-corrected chi connectivity index (χ2v) is 9.06. The minimum absolute atomic E-state index is 0.115. The van der Waals surface area contributed by atoms with Gasteiger partial charge in [-0.2, -0.15) is 0 Å². The maximum atomic E-state index is 12.0. The number of hydrogen-bond acceptors (Lipinski definition) is 3. The maximum absolute atomic E-state index is 12.0. The highest BCUT2D eigenvalue weighted by molar-refractivity contribution is 7.84. The van der Waals surface area contributed by atoms with Crippen LogP contribution in [-0.2, 0) is 20.5 Å². The maximum Gasteiger partial charge on any atom is 0.338 e. The summed E-state index contributed by atoms with van der Waals surface area (Å²) in [7, 11) is -1.09. The molecule has 1 aliphatic carbocycles. The van der Waals surface area contributed by atoms with Gasteiger partial charge in [-0.3, -0.25) is 0 Å². The van der Waals surface area contributed by atoms with Crippen molar-refractivity contribution < 1.29 is 13.7 Å². The van der Waals surface area contributed by atoms with Crippen LogP contribution >= 0.6 is 0 Å². The smallest absolute Gasteiger partial charge is 0.338 e. The van der Waals surface area contributed by atoms with E-state index in [9.17, 15) is 9.00 Å². The molecule has 5 heteroatoms. The van der Waals surface area contributed by atoms with Crippen LogP contribution < -0.4 is 4.72 Å². The van der Waals surface area contributed by atoms with Gasteiger partial charge < -0.3 is 4.74 Å². The first-order valence-corrected chi connectivity index (χ1v) is 8.44. The number of allylic oxidation sites excluding steroid dienone is 1. The molecule has 2 atom stereocenters. The number of rotatable bonds is 5. The SMILES string of the molecule is CC(C)OC(=O)C1=CCC(C)(CNS(=O)C(C)(C)C)C=C1. The van der Waals surface area contributed by atoms with Crippen molar-refractivity contribution >= 4 is 17.0 Å². The summed E-state index contributed by atoms with van der Waals surface area (Å²) in [5.74, 6) is -0.283. The van der Waals surface area contributed by atoms with E-state index in [-0.39, 0.29) is 22.2 Å². The van der Waals surface area contributed by atoms with E-state index in [1.54, 1.807) is 6.08 Å². The molecule has 0 aromatic rings. The Morgan fingerprint density at radius 3 is 2.52 bits per heavy atom. The van der Waals surface area contributed by atoms with Crippen LogP contribution in [0.15, 0.2) is 23.8 Å². The average Bonchev–Trinajstić information content (AvgIpc) is 2.34. The molecule has 4 nitrogen and oxygen atoms in total. The highest BCUT2D eigenvalue weighted by Gasteiger charge is 2.27. The first-order valence-electron chi connectivity index (χ1n) is 7.29. The van der Waals surface area contributed by atoms with Crippen LogP contribution in [0.2, 0.25) is 0 Å². The van der Waals surface area contributed by atoms with Crippen molar-refractivity contribution in [3.8, 4) is 0 Å². The Bertz CT molecular complexity index is 474. The fraction of sp³-hybridized carbons (Fsp3) is 0.688. The zero-order valence-corrected chi connectivity index (χ0v) is 14.7. The molecule has 0 bridgehead atoms. The molecule has 0 aromatic heterocycles. The van der Waals surface area contributed by atoms with Gasteiger partial charge in [0.15, 0.2) is 0 Å². The minimum atomic E-state index is -1.09. The topological polar surface area (TPSA) is 55.4 Å². The number of ether oxygens (including phenoxy) is 1. The Morgan fingerprint density at radius 2 is 2.10 bits per heavy atom. The molecular formula is C16H27NO3S. The normalized spacial score (nSPS) is 23.9. The molecule has 0 saturated carbocycles. The van der Waals surface area contributed by atoms with E-state index in [4.69, 9.17) is 4.74 Å². The van der Waals surface area contributed by atoms with Crippen LogP contribution in [0.25, 0.3) is 0 Å². The Labute approximate surface area is 130 Å². The summed E-state index contributed by atoms with van der Waals surface area (Å²) in [6.07, 6.45) is 6.30. The number of esters is 1. The molecular weight excluding hydrogens is 286 g/mol. The van der Waals surface area contributed by atoms with Gasteiger partial charge in [-0.15, -0.1) is 0 Å². The summed E-state index contributed by atoms with van der Waals surface area (Å²) in [6, 6.07) is 0. The van der Waals surface area contributed by atoms with Crippen molar-refractivity contribution in [2.75, 3.05) is 6.54 Å². The van der Waals surface area contributed by atoms with Crippen molar-refractivity contribution in [2.24, 2.45) is 5.41 Å². The molecule has 0 spiro atoms. The lowest BCUT2D eigenvalue weighted by Crippen LogP contribution is -2.39. The zero-order chi connectivity index (χ0) is 16.3.